The van der Waals surface area contributed by atoms with Crippen LogP contribution in [0.5, 0.6) is 0 Å². The Hall–Kier alpha value is -0.780. The molecule has 18 heavy (non-hydrogen) atoms. The van der Waals surface area contributed by atoms with Crippen molar-refractivity contribution in [3.05, 3.63) is 0 Å². The first-order chi connectivity index (χ1) is 8.26. The standard InChI is InChI=1S/C12H24N2O3S/c1-4-12(6-5-7-12)9-13-11(15)14-10(2)8-18(3,16)17/h10H,4-9H2,1-3H3,(H2,13,14,15). The summed E-state index contributed by atoms with van der Waals surface area (Å²) in [7, 11) is -3.05. The van der Waals surface area contributed by atoms with Crippen LogP contribution in [0.2, 0.25) is 0 Å². The Morgan fingerprint density at radius 1 is 1.39 bits per heavy atom. The smallest absolute Gasteiger partial charge is 0.315 e. The van der Waals surface area contributed by atoms with Gasteiger partial charge in [0.25, 0.3) is 0 Å². The highest BCUT2D eigenvalue weighted by Crippen LogP contribution is 2.42. The molecule has 0 spiro atoms. The second-order valence-corrected chi connectivity index (χ2v) is 7.71. The van der Waals surface area contributed by atoms with E-state index < -0.39 is 9.84 Å². The van der Waals surface area contributed by atoms with Gasteiger partial charge in [-0.05, 0) is 31.6 Å². The molecule has 0 aromatic carbocycles. The van der Waals surface area contributed by atoms with Crippen LogP contribution in [0.1, 0.15) is 39.5 Å². The number of nitrogens with one attached hydrogen (secondary N) is 2. The Morgan fingerprint density at radius 2 is 2.00 bits per heavy atom. The Labute approximate surface area is 110 Å². The maximum atomic E-state index is 11.6. The molecule has 0 heterocycles. The molecule has 0 aromatic heterocycles. The molecule has 0 aromatic rings. The lowest BCUT2D eigenvalue weighted by Gasteiger charge is -2.41. The molecule has 0 bridgehead atoms. The minimum absolute atomic E-state index is 0.0284. The van der Waals surface area contributed by atoms with Crippen molar-refractivity contribution < 1.29 is 13.2 Å². The van der Waals surface area contributed by atoms with E-state index in [1.54, 1.807) is 6.92 Å². The monoisotopic (exact) mass is 276 g/mol. The summed E-state index contributed by atoms with van der Waals surface area (Å²) < 4.78 is 22.1. The van der Waals surface area contributed by atoms with Crippen LogP contribution in [-0.2, 0) is 9.84 Å². The molecule has 1 saturated carbocycles. The molecule has 1 aliphatic carbocycles. The molecule has 106 valence electrons. The van der Waals surface area contributed by atoms with E-state index in [0.29, 0.717) is 6.54 Å². The third kappa shape index (κ3) is 4.84. The summed E-state index contributed by atoms with van der Waals surface area (Å²) in [5.41, 5.74) is 0.275. The van der Waals surface area contributed by atoms with Crippen LogP contribution in [0.15, 0.2) is 0 Å². The summed E-state index contributed by atoms with van der Waals surface area (Å²) in [6, 6.07) is -0.634. The second-order valence-electron chi connectivity index (χ2n) is 5.53. The van der Waals surface area contributed by atoms with E-state index in [-0.39, 0.29) is 23.2 Å². The van der Waals surface area contributed by atoms with Crippen molar-refractivity contribution in [2.45, 2.75) is 45.6 Å². The first kappa shape index (κ1) is 15.3. The summed E-state index contributed by atoms with van der Waals surface area (Å²) in [5.74, 6) is -0.0284. The fourth-order valence-corrected chi connectivity index (χ4v) is 3.36. The van der Waals surface area contributed by atoms with Crippen molar-refractivity contribution in [2.24, 2.45) is 5.41 Å². The topological polar surface area (TPSA) is 75.3 Å². The highest BCUT2D eigenvalue weighted by Gasteiger charge is 2.35. The summed E-state index contributed by atoms with van der Waals surface area (Å²) in [6.45, 7) is 4.52. The number of carbonyl (C=O) groups excluding carboxylic acids is 1. The van der Waals surface area contributed by atoms with Gasteiger partial charge in [-0.15, -0.1) is 0 Å². The predicted molar refractivity (Wildman–Crippen MR) is 72.3 cm³/mol. The first-order valence-corrected chi connectivity index (χ1v) is 8.54. The summed E-state index contributed by atoms with van der Waals surface area (Å²) in [6.07, 6.45) is 5.82. The van der Waals surface area contributed by atoms with Gasteiger partial charge in [0.2, 0.25) is 0 Å². The summed E-state index contributed by atoms with van der Waals surface area (Å²) >= 11 is 0. The Kier molecular flexibility index (Phi) is 5.01. The van der Waals surface area contributed by atoms with Crippen LogP contribution in [0, 0.1) is 5.41 Å². The van der Waals surface area contributed by atoms with Crippen LogP contribution in [0.4, 0.5) is 4.79 Å². The van der Waals surface area contributed by atoms with Crippen LogP contribution in [-0.4, -0.2) is 39.0 Å². The van der Waals surface area contributed by atoms with Crippen molar-refractivity contribution in [1.29, 1.82) is 0 Å². The molecule has 2 amide bonds. The zero-order chi connectivity index (χ0) is 13.8. The Balaban J connectivity index is 2.29. The van der Waals surface area contributed by atoms with Gasteiger partial charge in [-0.2, -0.15) is 0 Å². The average Bonchev–Trinajstić information content (AvgIpc) is 2.13. The van der Waals surface area contributed by atoms with Gasteiger partial charge in [-0.3, -0.25) is 0 Å². The lowest BCUT2D eigenvalue weighted by atomic mass is 9.67. The van der Waals surface area contributed by atoms with Crippen molar-refractivity contribution in [3.63, 3.8) is 0 Å². The molecule has 6 heteroatoms. The van der Waals surface area contributed by atoms with E-state index in [0.717, 1.165) is 6.42 Å². The van der Waals surface area contributed by atoms with Gasteiger partial charge >= 0.3 is 6.03 Å². The van der Waals surface area contributed by atoms with Crippen LogP contribution in [0.3, 0.4) is 0 Å². The van der Waals surface area contributed by atoms with Gasteiger partial charge in [0.05, 0.1) is 5.75 Å². The summed E-state index contributed by atoms with van der Waals surface area (Å²) in [5, 5.41) is 5.50. The maximum absolute atomic E-state index is 11.6. The molecule has 1 unspecified atom stereocenters. The lowest BCUT2D eigenvalue weighted by Crippen LogP contribution is -2.48. The molecule has 1 fully saturated rings. The van der Waals surface area contributed by atoms with E-state index in [1.165, 1.54) is 25.5 Å². The largest absolute Gasteiger partial charge is 0.338 e. The highest BCUT2D eigenvalue weighted by atomic mass is 32.2. The molecule has 5 nitrogen and oxygen atoms in total. The molecule has 2 N–H and O–H groups in total. The van der Waals surface area contributed by atoms with Gasteiger partial charge in [-0.25, -0.2) is 13.2 Å². The van der Waals surface area contributed by atoms with Gasteiger partial charge in [-0.1, -0.05) is 13.3 Å². The molecule has 1 aliphatic rings. The minimum atomic E-state index is -3.05. The predicted octanol–water partition coefficient (Wildman–Crippen LogP) is 1.30. The molecular formula is C12H24N2O3S. The zero-order valence-electron chi connectivity index (χ0n) is 11.5. The van der Waals surface area contributed by atoms with E-state index in [9.17, 15) is 13.2 Å². The quantitative estimate of drug-likeness (QED) is 0.768. The highest BCUT2D eigenvalue weighted by molar-refractivity contribution is 7.90. The van der Waals surface area contributed by atoms with E-state index in [2.05, 4.69) is 17.6 Å². The number of hydrogen-bond acceptors (Lipinski definition) is 3. The molecular weight excluding hydrogens is 252 g/mol. The molecule has 0 radical (unpaired) electrons. The number of rotatable bonds is 6. The third-order valence-corrected chi connectivity index (χ3v) is 4.82. The van der Waals surface area contributed by atoms with Gasteiger partial charge < -0.3 is 10.6 Å². The van der Waals surface area contributed by atoms with Gasteiger partial charge in [0.1, 0.15) is 9.84 Å². The Morgan fingerprint density at radius 3 is 2.39 bits per heavy atom. The minimum Gasteiger partial charge on any atom is -0.338 e. The number of carbonyl (C=O) groups is 1. The number of hydrogen-bond donors (Lipinski definition) is 2. The Bertz CT molecular complexity index is 383. The third-order valence-electron chi connectivity index (χ3n) is 3.72. The van der Waals surface area contributed by atoms with E-state index in [4.69, 9.17) is 0 Å². The molecule has 0 aliphatic heterocycles. The fraction of sp³-hybridized carbons (Fsp3) is 0.917. The maximum Gasteiger partial charge on any atom is 0.315 e. The fourth-order valence-electron chi connectivity index (χ4n) is 2.37. The lowest BCUT2D eigenvalue weighted by molar-refractivity contribution is 0.126. The molecule has 1 atom stereocenters. The van der Waals surface area contributed by atoms with Gasteiger partial charge in [0, 0.05) is 18.8 Å². The zero-order valence-corrected chi connectivity index (χ0v) is 12.3. The normalized spacial score (nSPS) is 19.7. The first-order valence-electron chi connectivity index (χ1n) is 6.48. The van der Waals surface area contributed by atoms with Crippen LogP contribution < -0.4 is 10.6 Å². The number of amides is 2. The second kappa shape index (κ2) is 5.91. The van der Waals surface area contributed by atoms with E-state index >= 15 is 0 Å². The van der Waals surface area contributed by atoms with E-state index in [1.807, 2.05) is 0 Å². The summed E-state index contributed by atoms with van der Waals surface area (Å²) in [4.78, 5) is 11.6. The van der Waals surface area contributed by atoms with Crippen LogP contribution in [0.25, 0.3) is 0 Å². The number of urea groups is 1. The van der Waals surface area contributed by atoms with Crippen molar-refractivity contribution in [3.8, 4) is 0 Å². The molecule has 1 rings (SSSR count). The van der Waals surface area contributed by atoms with Crippen molar-refractivity contribution in [1.82, 2.24) is 10.6 Å². The molecule has 0 saturated heterocycles. The van der Waals surface area contributed by atoms with Gasteiger partial charge in [0.15, 0.2) is 0 Å². The SMILES string of the molecule is CCC1(CNC(=O)NC(C)CS(C)(=O)=O)CCC1. The average molecular weight is 276 g/mol. The van der Waals surface area contributed by atoms with Crippen molar-refractivity contribution >= 4 is 15.9 Å². The van der Waals surface area contributed by atoms with Crippen LogP contribution >= 0.6 is 0 Å². The number of sulfone groups is 1. The van der Waals surface area contributed by atoms with Crippen molar-refractivity contribution in [2.75, 3.05) is 18.6 Å².